The molecule has 0 atom stereocenters. The number of nitrogens with zero attached hydrogens (tertiary/aromatic N) is 3. The highest BCUT2D eigenvalue weighted by atomic mass is 35.5. The maximum absolute atomic E-state index is 5.90. The van der Waals surface area contributed by atoms with Crippen LogP contribution in [0.4, 0.5) is 0 Å². The normalized spacial score (nSPS) is 15.9. The fourth-order valence-corrected chi connectivity index (χ4v) is 4.19. The fraction of sp³-hybridized carbons (Fsp3) is 0.435. The molecule has 1 aromatic heterocycles. The number of imidazole rings is 1. The summed E-state index contributed by atoms with van der Waals surface area (Å²) in [6, 6.07) is 16.0. The molecular weight excluding hydrogens is 370 g/mol. The van der Waals surface area contributed by atoms with E-state index >= 15 is 0 Å². The molecule has 0 N–H and O–H groups in total. The van der Waals surface area contributed by atoms with E-state index in [9.17, 15) is 0 Å². The van der Waals surface area contributed by atoms with Crippen LogP contribution in [0, 0.1) is 5.92 Å². The number of rotatable bonds is 7. The summed E-state index contributed by atoms with van der Waals surface area (Å²) in [7, 11) is 2.12. The summed E-state index contributed by atoms with van der Waals surface area (Å²) in [5, 5.41) is 0.748. The van der Waals surface area contributed by atoms with Crippen molar-refractivity contribution in [2.45, 2.75) is 32.2 Å². The SMILES string of the molecule is Cn1c(CN2CCC(CCCOc3ccc(Cl)cc3)CC2)nc2ccccc21. The van der Waals surface area contributed by atoms with Crippen LogP contribution in [0.5, 0.6) is 5.75 Å². The van der Waals surface area contributed by atoms with Crippen molar-refractivity contribution in [1.29, 1.82) is 0 Å². The van der Waals surface area contributed by atoms with Gasteiger partial charge in [0.25, 0.3) is 0 Å². The molecule has 0 amide bonds. The summed E-state index contributed by atoms with van der Waals surface area (Å²) >= 11 is 5.90. The summed E-state index contributed by atoms with van der Waals surface area (Å²) in [5.74, 6) is 2.88. The Kier molecular flexibility index (Phi) is 6.18. The molecule has 0 bridgehead atoms. The number of fused-ring (bicyclic) bond motifs is 1. The van der Waals surface area contributed by atoms with E-state index in [1.54, 1.807) is 0 Å². The van der Waals surface area contributed by atoms with Crippen LogP contribution in [-0.4, -0.2) is 34.1 Å². The van der Waals surface area contributed by atoms with Gasteiger partial charge in [-0.1, -0.05) is 23.7 Å². The largest absolute Gasteiger partial charge is 0.494 e. The van der Waals surface area contributed by atoms with E-state index in [0.29, 0.717) is 0 Å². The summed E-state index contributed by atoms with van der Waals surface area (Å²) in [6.07, 6.45) is 4.89. The third kappa shape index (κ3) is 4.68. The lowest BCUT2D eigenvalue weighted by Crippen LogP contribution is -2.34. The van der Waals surface area contributed by atoms with Crippen LogP contribution in [-0.2, 0) is 13.6 Å². The van der Waals surface area contributed by atoms with Crippen LogP contribution in [0.3, 0.4) is 0 Å². The standard InChI is InChI=1S/C23H28ClN3O/c1-26-22-7-3-2-6-21(22)25-23(26)17-27-14-12-18(13-15-27)5-4-16-28-20-10-8-19(24)9-11-20/h2-3,6-11,18H,4-5,12-17H2,1H3. The van der Waals surface area contributed by atoms with Crippen LogP contribution in [0.2, 0.25) is 5.02 Å². The van der Waals surface area contributed by atoms with Gasteiger partial charge >= 0.3 is 0 Å². The van der Waals surface area contributed by atoms with Gasteiger partial charge in [-0.3, -0.25) is 4.90 Å². The lowest BCUT2D eigenvalue weighted by atomic mass is 9.92. The molecule has 2 heterocycles. The first-order chi connectivity index (χ1) is 13.7. The third-order valence-corrected chi connectivity index (χ3v) is 6.04. The second kappa shape index (κ2) is 8.97. The quantitative estimate of drug-likeness (QED) is 0.507. The summed E-state index contributed by atoms with van der Waals surface area (Å²) in [5.41, 5.74) is 2.31. The predicted octanol–water partition coefficient (Wildman–Crippen LogP) is 5.30. The number of piperidine rings is 1. The number of benzene rings is 2. The van der Waals surface area contributed by atoms with E-state index in [2.05, 4.69) is 40.8 Å². The van der Waals surface area contributed by atoms with Gasteiger partial charge in [0.05, 0.1) is 24.2 Å². The second-order valence-electron chi connectivity index (χ2n) is 7.74. The molecule has 28 heavy (non-hydrogen) atoms. The highest BCUT2D eigenvalue weighted by Gasteiger charge is 2.20. The van der Waals surface area contributed by atoms with E-state index in [0.717, 1.165) is 60.7 Å². The van der Waals surface area contributed by atoms with E-state index in [1.165, 1.54) is 24.8 Å². The summed E-state index contributed by atoms with van der Waals surface area (Å²) in [4.78, 5) is 7.36. The number of halogens is 1. The van der Waals surface area contributed by atoms with Gasteiger partial charge in [0.15, 0.2) is 0 Å². The first kappa shape index (κ1) is 19.3. The smallest absolute Gasteiger partial charge is 0.123 e. The lowest BCUT2D eigenvalue weighted by Gasteiger charge is -2.31. The molecule has 0 unspecified atom stereocenters. The van der Waals surface area contributed by atoms with Crippen molar-refractivity contribution in [3.05, 3.63) is 59.4 Å². The zero-order chi connectivity index (χ0) is 19.3. The molecule has 2 aromatic carbocycles. The Morgan fingerprint density at radius 2 is 1.82 bits per heavy atom. The Hall–Kier alpha value is -2.04. The number of hydrogen-bond donors (Lipinski definition) is 0. The Labute approximate surface area is 172 Å². The molecule has 1 aliphatic rings. The number of aryl methyl sites for hydroxylation is 1. The van der Waals surface area contributed by atoms with Gasteiger partial charge in [0, 0.05) is 12.1 Å². The van der Waals surface area contributed by atoms with Gasteiger partial charge in [-0.25, -0.2) is 4.98 Å². The van der Waals surface area contributed by atoms with E-state index < -0.39 is 0 Å². The minimum atomic E-state index is 0.748. The molecule has 1 saturated heterocycles. The number of para-hydroxylation sites is 2. The number of likely N-dealkylation sites (tertiary alicyclic amines) is 1. The van der Waals surface area contributed by atoms with Crippen LogP contribution < -0.4 is 4.74 Å². The molecule has 1 fully saturated rings. The topological polar surface area (TPSA) is 30.3 Å². The molecule has 5 heteroatoms. The minimum Gasteiger partial charge on any atom is -0.494 e. The van der Waals surface area contributed by atoms with E-state index in [1.807, 2.05) is 24.3 Å². The van der Waals surface area contributed by atoms with Crippen LogP contribution in [0.15, 0.2) is 48.5 Å². The zero-order valence-corrected chi connectivity index (χ0v) is 17.2. The minimum absolute atomic E-state index is 0.748. The first-order valence-corrected chi connectivity index (χ1v) is 10.6. The molecule has 4 rings (SSSR count). The van der Waals surface area contributed by atoms with Crippen molar-refractivity contribution >= 4 is 22.6 Å². The average Bonchev–Trinajstić information content (AvgIpc) is 3.04. The van der Waals surface area contributed by atoms with Crippen molar-refractivity contribution in [2.24, 2.45) is 13.0 Å². The number of ether oxygens (including phenoxy) is 1. The Bertz CT molecular complexity index is 898. The second-order valence-corrected chi connectivity index (χ2v) is 8.18. The number of aromatic nitrogens is 2. The first-order valence-electron chi connectivity index (χ1n) is 10.2. The van der Waals surface area contributed by atoms with Crippen LogP contribution >= 0.6 is 11.6 Å². The van der Waals surface area contributed by atoms with Crippen LogP contribution in [0.1, 0.15) is 31.5 Å². The molecule has 0 aliphatic carbocycles. The molecular formula is C23H28ClN3O. The molecule has 4 nitrogen and oxygen atoms in total. The van der Waals surface area contributed by atoms with Gasteiger partial charge in [0.1, 0.15) is 11.6 Å². The summed E-state index contributed by atoms with van der Waals surface area (Å²) in [6.45, 7) is 4.04. The van der Waals surface area contributed by atoms with Crippen molar-refractivity contribution in [3.8, 4) is 5.75 Å². The fourth-order valence-electron chi connectivity index (χ4n) is 4.06. The maximum Gasteiger partial charge on any atom is 0.123 e. The third-order valence-electron chi connectivity index (χ3n) is 5.79. The molecule has 0 spiro atoms. The van der Waals surface area contributed by atoms with Gasteiger partial charge in [0.2, 0.25) is 0 Å². The molecule has 0 radical (unpaired) electrons. The Balaban J connectivity index is 1.19. The maximum atomic E-state index is 5.90. The van der Waals surface area contributed by atoms with Crippen molar-refractivity contribution < 1.29 is 4.74 Å². The van der Waals surface area contributed by atoms with E-state index in [4.69, 9.17) is 21.3 Å². The zero-order valence-electron chi connectivity index (χ0n) is 16.5. The van der Waals surface area contributed by atoms with Gasteiger partial charge in [-0.2, -0.15) is 0 Å². The van der Waals surface area contributed by atoms with Gasteiger partial charge in [-0.15, -0.1) is 0 Å². The van der Waals surface area contributed by atoms with Crippen molar-refractivity contribution in [1.82, 2.24) is 14.5 Å². The number of hydrogen-bond acceptors (Lipinski definition) is 3. The monoisotopic (exact) mass is 397 g/mol. The van der Waals surface area contributed by atoms with Crippen molar-refractivity contribution in [3.63, 3.8) is 0 Å². The molecule has 1 aliphatic heterocycles. The Morgan fingerprint density at radius 3 is 2.57 bits per heavy atom. The molecule has 148 valence electrons. The summed E-state index contributed by atoms with van der Waals surface area (Å²) < 4.78 is 8.05. The molecule has 0 saturated carbocycles. The van der Waals surface area contributed by atoms with Crippen LogP contribution in [0.25, 0.3) is 11.0 Å². The van der Waals surface area contributed by atoms with Crippen molar-refractivity contribution in [2.75, 3.05) is 19.7 Å². The van der Waals surface area contributed by atoms with E-state index in [-0.39, 0.29) is 0 Å². The average molecular weight is 398 g/mol. The highest BCUT2D eigenvalue weighted by molar-refractivity contribution is 6.30. The highest BCUT2D eigenvalue weighted by Crippen LogP contribution is 2.24. The Morgan fingerprint density at radius 1 is 1.07 bits per heavy atom. The van der Waals surface area contributed by atoms with Gasteiger partial charge < -0.3 is 9.30 Å². The molecule has 3 aromatic rings. The van der Waals surface area contributed by atoms with Gasteiger partial charge in [-0.05, 0) is 81.1 Å². The predicted molar refractivity (Wildman–Crippen MR) is 115 cm³/mol. The lowest BCUT2D eigenvalue weighted by molar-refractivity contribution is 0.162.